The third kappa shape index (κ3) is 3.60. The molecule has 6 nitrogen and oxygen atoms in total. The molecule has 0 aliphatic carbocycles. The minimum Gasteiger partial charge on any atom is -0.497 e. The summed E-state index contributed by atoms with van der Waals surface area (Å²) >= 11 is 0. The number of nitrogens with two attached hydrogens (primary N) is 1. The lowest BCUT2D eigenvalue weighted by Gasteiger charge is -2.34. The number of benzene rings is 2. The summed E-state index contributed by atoms with van der Waals surface area (Å²) in [4.78, 5) is 14.0. The van der Waals surface area contributed by atoms with Crippen molar-refractivity contribution in [3.8, 4) is 11.5 Å². The van der Waals surface area contributed by atoms with Gasteiger partial charge in [0.05, 0.1) is 20.8 Å². The Bertz CT molecular complexity index is 746. The smallest absolute Gasteiger partial charge is 0.319 e. The number of methoxy groups -OCH3 is 2. The van der Waals surface area contributed by atoms with Crippen molar-refractivity contribution in [2.75, 3.05) is 27.3 Å². The number of carbonyl (C=O) groups excluding carboxylic acids is 1. The number of hydrogen-bond donors (Lipinski definition) is 2. The number of nitrogens with one attached hydrogen (secondary N) is 1. The van der Waals surface area contributed by atoms with Gasteiger partial charge in [0.2, 0.25) is 0 Å². The maximum absolute atomic E-state index is 12.3. The van der Waals surface area contributed by atoms with E-state index in [1.807, 2.05) is 48.5 Å². The zero-order valence-electron chi connectivity index (χ0n) is 15.2. The van der Waals surface area contributed by atoms with Crippen LogP contribution in [0.4, 0.5) is 4.79 Å². The molecule has 0 spiro atoms. The summed E-state index contributed by atoms with van der Waals surface area (Å²) in [7, 11) is 3.28. The first-order valence-electron chi connectivity index (χ1n) is 8.68. The maximum Gasteiger partial charge on any atom is 0.319 e. The maximum atomic E-state index is 12.3. The van der Waals surface area contributed by atoms with Gasteiger partial charge in [-0.15, -0.1) is 0 Å². The van der Waals surface area contributed by atoms with Crippen LogP contribution in [0.1, 0.15) is 17.5 Å². The highest BCUT2D eigenvalue weighted by Gasteiger charge is 2.43. The summed E-state index contributed by atoms with van der Waals surface area (Å²) in [6.07, 6.45) is 1.70. The first-order chi connectivity index (χ1) is 12.6. The molecule has 1 heterocycles. The van der Waals surface area contributed by atoms with Gasteiger partial charge in [0.1, 0.15) is 17.2 Å². The number of urea groups is 1. The van der Waals surface area contributed by atoms with Gasteiger partial charge >= 0.3 is 6.03 Å². The summed E-state index contributed by atoms with van der Waals surface area (Å²) in [5, 5.41) is 2.87. The quantitative estimate of drug-likeness (QED) is 0.800. The summed E-state index contributed by atoms with van der Waals surface area (Å²) in [5.41, 5.74) is 7.86. The van der Waals surface area contributed by atoms with Crippen LogP contribution in [-0.2, 0) is 12.1 Å². The van der Waals surface area contributed by atoms with E-state index >= 15 is 0 Å². The van der Waals surface area contributed by atoms with Crippen LogP contribution in [-0.4, -0.2) is 38.2 Å². The lowest BCUT2D eigenvalue weighted by Crippen LogP contribution is -2.52. The summed E-state index contributed by atoms with van der Waals surface area (Å²) in [6.45, 7) is 0.973. The number of rotatable bonds is 7. The number of amides is 2. The van der Waals surface area contributed by atoms with Gasteiger partial charge in [0.25, 0.3) is 0 Å². The second kappa shape index (κ2) is 7.66. The molecular formula is C20H25N3O3. The fourth-order valence-electron chi connectivity index (χ4n) is 3.25. The first-order valence-corrected chi connectivity index (χ1v) is 8.68. The average Bonchev–Trinajstić information content (AvgIpc) is 2.98. The summed E-state index contributed by atoms with van der Waals surface area (Å²) in [6, 6.07) is 15.4. The summed E-state index contributed by atoms with van der Waals surface area (Å²) in [5.74, 6) is 1.61. The molecule has 0 radical (unpaired) electrons. The lowest BCUT2D eigenvalue weighted by atomic mass is 9.99. The highest BCUT2D eigenvalue weighted by atomic mass is 16.5. The van der Waals surface area contributed by atoms with E-state index in [1.165, 1.54) is 5.56 Å². The van der Waals surface area contributed by atoms with Crippen LogP contribution in [0.25, 0.3) is 0 Å². The van der Waals surface area contributed by atoms with Crippen LogP contribution < -0.4 is 20.5 Å². The molecule has 1 aliphatic heterocycles. The Labute approximate surface area is 153 Å². The van der Waals surface area contributed by atoms with Gasteiger partial charge in [0, 0.05) is 6.54 Å². The van der Waals surface area contributed by atoms with Gasteiger partial charge in [-0.05, 0) is 48.2 Å². The van der Waals surface area contributed by atoms with E-state index in [9.17, 15) is 4.79 Å². The van der Waals surface area contributed by atoms with E-state index in [2.05, 4.69) is 5.32 Å². The normalized spacial score (nSPS) is 19.3. The highest BCUT2D eigenvalue weighted by molar-refractivity contribution is 5.78. The Balaban J connectivity index is 1.66. The standard InChI is InChI=1S/C20H25N3O3/c1-25-17-9-5-15(6-10-17)4-3-13-23-19(24)22-14-20(23,21)16-7-11-18(26-2)12-8-16/h5-12H,3-4,13-14,21H2,1-2H3,(H,22,24). The molecule has 1 saturated heterocycles. The molecule has 2 aromatic rings. The van der Waals surface area contributed by atoms with Crippen molar-refractivity contribution >= 4 is 6.03 Å². The third-order valence-electron chi connectivity index (χ3n) is 4.83. The Morgan fingerprint density at radius 2 is 1.62 bits per heavy atom. The molecular weight excluding hydrogens is 330 g/mol. The molecule has 138 valence electrons. The zero-order chi connectivity index (χ0) is 18.6. The van der Waals surface area contributed by atoms with E-state index in [1.54, 1.807) is 19.1 Å². The van der Waals surface area contributed by atoms with Gasteiger partial charge in [0.15, 0.2) is 0 Å². The molecule has 2 aromatic carbocycles. The van der Waals surface area contributed by atoms with Crippen LogP contribution in [0.2, 0.25) is 0 Å². The number of ether oxygens (including phenoxy) is 2. The predicted octanol–water partition coefficient (Wildman–Crippen LogP) is 2.47. The number of aryl methyl sites for hydroxylation is 1. The van der Waals surface area contributed by atoms with Crippen molar-refractivity contribution in [1.82, 2.24) is 10.2 Å². The van der Waals surface area contributed by atoms with Gasteiger partial charge in [-0.2, -0.15) is 0 Å². The Hall–Kier alpha value is -2.73. The molecule has 3 rings (SSSR count). The SMILES string of the molecule is COc1ccc(CCCN2C(=O)NCC2(N)c2ccc(OC)cc2)cc1. The van der Waals surface area contributed by atoms with Crippen LogP contribution in [0.3, 0.4) is 0 Å². The minimum atomic E-state index is -0.844. The van der Waals surface area contributed by atoms with Crippen LogP contribution in [0, 0.1) is 0 Å². The first kappa shape index (κ1) is 18.1. The fourth-order valence-corrected chi connectivity index (χ4v) is 3.25. The number of nitrogens with zero attached hydrogens (tertiary/aromatic N) is 1. The largest absolute Gasteiger partial charge is 0.497 e. The zero-order valence-corrected chi connectivity index (χ0v) is 15.2. The molecule has 0 saturated carbocycles. The van der Waals surface area contributed by atoms with Gasteiger partial charge < -0.3 is 25.4 Å². The van der Waals surface area contributed by atoms with E-state index in [-0.39, 0.29) is 6.03 Å². The van der Waals surface area contributed by atoms with Gasteiger partial charge in [-0.25, -0.2) is 4.79 Å². The fraction of sp³-hybridized carbons (Fsp3) is 0.350. The molecule has 3 N–H and O–H groups in total. The van der Waals surface area contributed by atoms with Gasteiger partial charge in [-0.1, -0.05) is 24.3 Å². The van der Waals surface area contributed by atoms with Crippen LogP contribution in [0.5, 0.6) is 11.5 Å². The van der Waals surface area contributed by atoms with Crippen molar-refractivity contribution in [1.29, 1.82) is 0 Å². The molecule has 0 aromatic heterocycles. The molecule has 1 aliphatic rings. The second-order valence-electron chi connectivity index (χ2n) is 6.41. The monoisotopic (exact) mass is 355 g/mol. The van der Waals surface area contributed by atoms with E-state index in [4.69, 9.17) is 15.2 Å². The van der Waals surface area contributed by atoms with E-state index in [0.29, 0.717) is 13.1 Å². The van der Waals surface area contributed by atoms with E-state index < -0.39 is 5.66 Å². The third-order valence-corrected chi connectivity index (χ3v) is 4.83. The van der Waals surface area contributed by atoms with E-state index in [0.717, 1.165) is 29.9 Å². The molecule has 1 atom stereocenters. The van der Waals surface area contributed by atoms with Crippen LogP contribution >= 0.6 is 0 Å². The number of carbonyl (C=O) groups is 1. The van der Waals surface area contributed by atoms with Crippen molar-refractivity contribution in [2.45, 2.75) is 18.5 Å². The van der Waals surface area contributed by atoms with Gasteiger partial charge in [-0.3, -0.25) is 0 Å². The Morgan fingerprint density at radius 1 is 1.04 bits per heavy atom. The van der Waals surface area contributed by atoms with Crippen molar-refractivity contribution in [3.63, 3.8) is 0 Å². The second-order valence-corrected chi connectivity index (χ2v) is 6.41. The molecule has 0 bridgehead atoms. The topological polar surface area (TPSA) is 76.8 Å². The molecule has 2 amide bonds. The highest BCUT2D eigenvalue weighted by Crippen LogP contribution is 2.28. The van der Waals surface area contributed by atoms with Crippen molar-refractivity contribution in [2.24, 2.45) is 5.73 Å². The molecule has 26 heavy (non-hydrogen) atoms. The number of hydrogen-bond acceptors (Lipinski definition) is 4. The molecule has 1 unspecified atom stereocenters. The Kier molecular flexibility index (Phi) is 5.32. The van der Waals surface area contributed by atoms with Crippen molar-refractivity contribution < 1.29 is 14.3 Å². The average molecular weight is 355 g/mol. The predicted molar refractivity (Wildman–Crippen MR) is 100 cm³/mol. The summed E-state index contributed by atoms with van der Waals surface area (Å²) < 4.78 is 10.4. The van der Waals surface area contributed by atoms with Crippen molar-refractivity contribution in [3.05, 3.63) is 59.7 Å². The van der Waals surface area contributed by atoms with Crippen LogP contribution in [0.15, 0.2) is 48.5 Å². The lowest BCUT2D eigenvalue weighted by molar-refractivity contribution is 0.158. The Morgan fingerprint density at radius 3 is 2.19 bits per heavy atom. The minimum absolute atomic E-state index is 0.127. The molecule has 1 fully saturated rings. The molecule has 6 heteroatoms.